The first kappa shape index (κ1) is 17.4. The Balaban J connectivity index is 1.84. The maximum Gasteiger partial charge on any atom is 0.265 e. The minimum Gasteiger partial charge on any atom is -0.496 e. The number of anilines is 1. The van der Waals surface area contributed by atoms with Crippen LogP contribution in [0.15, 0.2) is 52.3 Å². The van der Waals surface area contributed by atoms with Crippen LogP contribution in [0.4, 0.5) is 5.13 Å². The molecule has 0 unspecified atom stereocenters. The summed E-state index contributed by atoms with van der Waals surface area (Å²) in [6, 6.07) is 13.0. The standard InChI is InChI=1S/C18H15BrN2O3S/c1-23-14-4-3-5-15(24-2)16(14)17(22)21-18-20-13(10-25-18)11-6-8-12(19)9-7-11/h3-10H,1-2H3,(H,20,21,22). The molecule has 1 aromatic heterocycles. The Morgan fingerprint density at radius 3 is 2.32 bits per heavy atom. The van der Waals surface area contributed by atoms with Crippen LogP contribution < -0.4 is 14.8 Å². The van der Waals surface area contributed by atoms with Crippen LogP contribution in [0, 0.1) is 0 Å². The number of benzene rings is 2. The normalized spacial score (nSPS) is 10.4. The first-order valence-corrected chi connectivity index (χ1v) is 9.03. The van der Waals surface area contributed by atoms with E-state index in [0.717, 1.165) is 15.7 Å². The topological polar surface area (TPSA) is 60.5 Å². The van der Waals surface area contributed by atoms with Gasteiger partial charge in [-0.2, -0.15) is 0 Å². The molecule has 0 spiro atoms. The monoisotopic (exact) mass is 418 g/mol. The van der Waals surface area contributed by atoms with E-state index in [1.807, 2.05) is 29.6 Å². The molecule has 3 aromatic rings. The van der Waals surface area contributed by atoms with E-state index >= 15 is 0 Å². The van der Waals surface area contributed by atoms with Crippen molar-refractivity contribution >= 4 is 38.3 Å². The van der Waals surface area contributed by atoms with E-state index in [2.05, 4.69) is 26.2 Å². The van der Waals surface area contributed by atoms with E-state index < -0.39 is 0 Å². The molecule has 1 amide bonds. The van der Waals surface area contributed by atoms with Crippen molar-refractivity contribution in [2.75, 3.05) is 19.5 Å². The number of nitrogens with one attached hydrogen (secondary N) is 1. The molecule has 0 aliphatic heterocycles. The van der Waals surface area contributed by atoms with Gasteiger partial charge in [0.2, 0.25) is 0 Å². The second-order valence-electron chi connectivity index (χ2n) is 5.04. The van der Waals surface area contributed by atoms with E-state index in [9.17, 15) is 4.79 Å². The highest BCUT2D eigenvalue weighted by molar-refractivity contribution is 9.10. The van der Waals surface area contributed by atoms with Crippen molar-refractivity contribution in [2.24, 2.45) is 0 Å². The molecule has 0 atom stereocenters. The zero-order valence-corrected chi connectivity index (χ0v) is 16.0. The molecule has 0 radical (unpaired) electrons. The number of nitrogens with zero attached hydrogens (tertiary/aromatic N) is 1. The number of carbonyl (C=O) groups is 1. The Hall–Kier alpha value is -2.38. The number of methoxy groups -OCH3 is 2. The Morgan fingerprint density at radius 1 is 1.08 bits per heavy atom. The van der Waals surface area contributed by atoms with Gasteiger partial charge in [0.1, 0.15) is 17.1 Å². The smallest absolute Gasteiger partial charge is 0.265 e. The van der Waals surface area contributed by atoms with Crippen molar-refractivity contribution in [3.05, 3.63) is 57.9 Å². The lowest BCUT2D eigenvalue weighted by atomic mass is 10.1. The van der Waals surface area contributed by atoms with Crippen LogP contribution in [0.1, 0.15) is 10.4 Å². The van der Waals surface area contributed by atoms with Gasteiger partial charge in [0.25, 0.3) is 5.91 Å². The number of thiazole rings is 1. The predicted octanol–water partition coefficient (Wildman–Crippen LogP) is 4.84. The molecule has 0 fully saturated rings. The number of rotatable bonds is 5. The molecule has 25 heavy (non-hydrogen) atoms. The molecule has 0 saturated heterocycles. The van der Waals surface area contributed by atoms with Crippen LogP contribution in [0.5, 0.6) is 11.5 Å². The minimum atomic E-state index is -0.328. The summed E-state index contributed by atoms with van der Waals surface area (Å²) in [5, 5.41) is 5.22. The zero-order chi connectivity index (χ0) is 17.8. The summed E-state index contributed by atoms with van der Waals surface area (Å²) in [6.07, 6.45) is 0. The van der Waals surface area contributed by atoms with Gasteiger partial charge in [0.05, 0.1) is 19.9 Å². The Labute approximate surface area is 157 Å². The van der Waals surface area contributed by atoms with Crippen molar-refractivity contribution in [3.63, 3.8) is 0 Å². The Bertz CT molecular complexity index is 871. The van der Waals surface area contributed by atoms with Crippen molar-refractivity contribution < 1.29 is 14.3 Å². The lowest BCUT2D eigenvalue weighted by Crippen LogP contribution is -2.14. The molecule has 0 aliphatic rings. The number of ether oxygens (including phenoxy) is 2. The Morgan fingerprint density at radius 2 is 1.72 bits per heavy atom. The zero-order valence-electron chi connectivity index (χ0n) is 13.6. The average molecular weight is 419 g/mol. The third kappa shape index (κ3) is 3.83. The van der Waals surface area contributed by atoms with Crippen LogP contribution in [-0.2, 0) is 0 Å². The van der Waals surface area contributed by atoms with E-state index in [1.165, 1.54) is 25.6 Å². The highest BCUT2D eigenvalue weighted by Crippen LogP contribution is 2.31. The molecule has 3 rings (SSSR count). The highest BCUT2D eigenvalue weighted by atomic mass is 79.9. The Kier molecular flexibility index (Phi) is 5.35. The third-order valence-electron chi connectivity index (χ3n) is 3.52. The summed E-state index contributed by atoms with van der Waals surface area (Å²) in [7, 11) is 3.03. The van der Waals surface area contributed by atoms with Crippen LogP contribution >= 0.6 is 27.3 Å². The number of aromatic nitrogens is 1. The van der Waals surface area contributed by atoms with Gasteiger partial charge in [0, 0.05) is 15.4 Å². The molecule has 1 N–H and O–H groups in total. The summed E-state index contributed by atoms with van der Waals surface area (Å²) in [5.41, 5.74) is 2.13. The number of amides is 1. The fraction of sp³-hybridized carbons (Fsp3) is 0.111. The number of hydrogen-bond acceptors (Lipinski definition) is 5. The van der Waals surface area contributed by atoms with Gasteiger partial charge in [-0.05, 0) is 24.3 Å². The van der Waals surface area contributed by atoms with E-state index in [0.29, 0.717) is 22.2 Å². The summed E-state index contributed by atoms with van der Waals surface area (Å²) in [6.45, 7) is 0. The summed E-state index contributed by atoms with van der Waals surface area (Å²) in [5.74, 6) is 0.564. The molecular weight excluding hydrogens is 404 g/mol. The van der Waals surface area contributed by atoms with Gasteiger partial charge in [0.15, 0.2) is 5.13 Å². The lowest BCUT2D eigenvalue weighted by molar-refractivity contribution is 0.102. The SMILES string of the molecule is COc1cccc(OC)c1C(=O)Nc1nc(-c2ccc(Br)cc2)cs1. The number of halogens is 1. The van der Waals surface area contributed by atoms with Crippen molar-refractivity contribution in [3.8, 4) is 22.8 Å². The van der Waals surface area contributed by atoms with Gasteiger partial charge < -0.3 is 9.47 Å². The van der Waals surface area contributed by atoms with E-state index in [4.69, 9.17) is 9.47 Å². The van der Waals surface area contributed by atoms with Gasteiger partial charge in [-0.15, -0.1) is 11.3 Å². The fourth-order valence-electron chi connectivity index (χ4n) is 2.32. The molecule has 5 nitrogen and oxygen atoms in total. The van der Waals surface area contributed by atoms with Crippen molar-refractivity contribution in [2.45, 2.75) is 0 Å². The molecule has 7 heteroatoms. The molecular formula is C18H15BrN2O3S. The first-order chi connectivity index (χ1) is 12.1. The maximum atomic E-state index is 12.7. The van der Waals surface area contributed by atoms with Crippen LogP contribution in [-0.4, -0.2) is 25.1 Å². The molecule has 128 valence electrons. The average Bonchev–Trinajstić information content (AvgIpc) is 3.09. The second-order valence-corrected chi connectivity index (χ2v) is 6.81. The van der Waals surface area contributed by atoms with Gasteiger partial charge >= 0.3 is 0 Å². The molecule has 0 aliphatic carbocycles. The highest BCUT2D eigenvalue weighted by Gasteiger charge is 2.19. The lowest BCUT2D eigenvalue weighted by Gasteiger charge is -2.11. The summed E-state index contributed by atoms with van der Waals surface area (Å²) < 4.78 is 11.5. The first-order valence-electron chi connectivity index (χ1n) is 7.36. The summed E-state index contributed by atoms with van der Waals surface area (Å²) >= 11 is 4.77. The fourth-order valence-corrected chi connectivity index (χ4v) is 3.30. The van der Waals surface area contributed by atoms with Crippen molar-refractivity contribution in [1.82, 2.24) is 4.98 Å². The maximum absolute atomic E-state index is 12.7. The molecule has 0 bridgehead atoms. The number of hydrogen-bond donors (Lipinski definition) is 1. The number of carbonyl (C=O) groups excluding carboxylic acids is 1. The van der Waals surface area contributed by atoms with Crippen molar-refractivity contribution in [1.29, 1.82) is 0 Å². The van der Waals surface area contributed by atoms with Crippen LogP contribution in [0.25, 0.3) is 11.3 Å². The molecule has 1 heterocycles. The minimum absolute atomic E-state index is 0.328. The quantitative estimate of drug-likeness (QED) is 0.643. The van der Waals surface area contributed by atoms with Crippen LogP contribution in [0.3, 0.4) is 0 Å². The van der Waals surface area contributed by atoms with Gasteiger partial charge in [-0.3, -0.25) is 10.1 Å². The van der Waals surface area contributed by atoms with Gasteiger partial charge in [-0.1, -0.05) is 34.1 Å². The molecule has 0 saturated carbocycles. The van der Waals surface area contributed by atoms with Crippen LogP contribution in [0.2, 0.25) is 0 Å². The molecule has 2 aromatic carbocycles. The third-order valence-corrected chi connectivity index (χ3v) is 4.81. The van der Waals surface area contributed by atoms with Gasteiger partial charge in [-0.25, -0.2) is 4.98 Å². The largest absolute Gasteiger partial charge is 0.496 e. The predicted molar refractivity (Wildman–Crippen MR) is 103 cm³/mol. The van der Waals surface area contributed by atoms with E-state index in [1.54, 1.807) is 18.2 Å². The summed E-state index contributed by atoms with van der Waals surface area (Å²) in [4.78, 5) is 17.1. The second kappa shape index (κ2) is 7.67. The van der Waals surface area contributed by atoms with E-state index in [-0.39, 0.29) is 5.91 Å².